The van der Waals surface area contributed by atoms with Crippen LogP contribution in [0.5, 0.6) is 5.88 Å². The second-order valence-corrected chi connectivity index (χ2v) is 10.6. The van der Waals surface area contributed by atoms with Crippen LogP contribution < -0.4 is 4.74 Å². The molecular formula is C23H28N4O5S2. The lowest BCUT2D eigenvalue weighted by molar-refractivity contribution is -0.0387. The topological polar surface area (TPSA) is 115 Å². The van der Waals surface area contributed by atoms with Crippen LogP contribution in [0.1, 0.15) is 24.8 Å². The molecule has 0 amide bonds. The summed E-state index contributed by atoms with van der Waals surface area (Å²) >= 11 is 0. The molecule has 2 aromatic heterocycles. The van der Waals surface area contributed by atoms with E-state index in [-0.39, 0.29) is 26.6 Å². The number of fused-ring (bicyclic) bond motifs is 1. The Morgan fingerprint density at radius 1 is 1.21 bits per heavy atom. The average molecular weight is 505 g/mol. The van der Waals surface area contributed by atoms with Gasteiger partial charge in [0.15, 0.2) is 5.52 Å². The van der Waals surface area contributed by atoms with E-state index in [1.165, 1.54) is 10.6 Å². The second kappa shape index (κ2) is 9.74. The highest BCUT2D eigenvalue weighted by molar-refractivity contribution is 7.88. The summed E-state index contributed by atoms with van der Waals surface area (Å²) in [6.07, 6.45) is 6.58. The van der Waals surface area contributed by atoms with Gasteiger partial charge in [-0.15, -0.1) is 0 Å². The van der Waals surface area contributed by atoms with Gasteiger partial charge in [0, 0.05) is 31.0 Å². The third-order valence-electron chi connectivity index (χ3n) is 6.30. The number of sulfonamides is 1. The first-order valence-electron chi connectivity index (χ1n) is 11.0. The highest BCUT2D eigenvalue weighted by atomic mass is 32.2. The molecular weight excluding hydrogens is 476 g/mol. The van der Waals surface area contributed by atoms with Gasteiger partial charge < -0.3 is 14.6 Å². The average Bonchev–Trinajstić information content (AvgIpc) is 2.80. The number of morpholine rings is 1. The summed E-state index contributed by atoms with van der Waals surface area (Å²) in [5.74, 6) is 0.317. The normalized spacial score (nSPS) is 20.4. The molecule has 3 aromatic rings. The number of hydrogen-bond acceptors (Lipinski definition) is 8. The summed E-state index contributed by atoms with van der Waals surface area (Å²) in [7, 11) is -3.29. The van der Waals surface area contributed by atoms with Gasteiger partial charge in [-0.05, 0) is 30.9 Å². The second-order valence-electron chi connectivity index (χ2n) is 8.62. The molecule has 2 aliphatic rings. The molecule has 2 fully saturated rings. The van der Waals surface area contributed by atoms with Crippen molar-refractivity contribution in [2.75, 3.05) is 32.6 Å². The highest BCUT2D eigenvalue weighted by Crippen LogP contribution is 2.41. The van der Waals surface area contributed by atoms with Crippen LogP contribution in [-0.4, -0.2) is 71.4 Å². The molecule has 1 aromatic carbocycles. The van der Waals surface area contributed by atoms with E-state index >= 15 is 0 Å². The lowest BCUT2D eigenvalue weighted by Crippen LogP contribution is -2.47. The van der Waals surface area contributed by atoms with Crippen molar-refractivity contribution in [3.05, 3.63) is 48.3 Å². The molecule has 5 rings (SSSR count). The molecule has 1 aliphatic carbocycles. The Labute approximate surface area is 205 Å². The molecule has 1 saturated carbocycles. The van der Waals surface area contributed by atoms with Crippen LogP contribution in [0.3, 0.4) is 0 Å². The Balaban J connectivity index is 0.00000274. The van der Waals surface area contributed by atoms with Crippen molar-refractivity contribution in [1.82, 2.24) is 19.3 Å². The third-order valence-corrected chi connectivity index (χ3v) is 7.57. The van der Waals surface area contributed by atoms with Crippen LogP contribution in [0, 0.1) is 0 Å². The molecule has 0 spiro atoms. The molecule has 0 unspecified atom stereocenters. The maximum absolute atomic E-state index is 11.9. The highest BCUT2D eigenvalue weighted by Gasteiger charge is 2.36. The van der Waals surface area contributed by atoms with Gasteiger partial charge in [-0.25, -0.2) is 18.4 Å². The number of nitrogens with zero attached hydrogens (tertiary/aromatic N) is 4. The molecule has 1 aliphatic heterocycles. The van der Waals surface area contributed by atoms with Crippen LogP contribution in [0.2, 0.25) is 0 Å². The number of ether oxygens (including phenoxy) is 2. The largest absolute Gasteiger partial charge is 0.473 e. The molecule has 0 bridgehead atoms. The molecule has 3 heterocycles. The number of hydrogen-bond donors (Lipinski definition) is 1. The van der Waals surface area contributed by atoms with E-state index in [4.69, 9.17) is 9.47 Å². The number of benzene rings is 1. The smallest absolute Gasteiger partial charge is 0.242 e. The number of aromatic nitrogens is 3. The van der Waals surface area contributed by atoms with Gasteiger partial charge in [0.25, 0.3) is 0 Å². The van der Waals surface area contributed by atoms with Crippen LogP contribution in [0.15, 0.2) is 42.7 Å². The van der Waals surface area contributed by atoms with Crippen LogP contribution >= 0.6 is 13.5 Å². The van der Waals surface area contributed by atoms with E-state index in [1.807, 2.05) is 30.3 Å². The molecule has 1 N–H and O–H groups in total. The van der Waals surface area contributed by atoms with Gasteiger partial charge in [-0.3, -0.25) is 4.98 Å². The summed E-state index contributed by atoms with van der Waals surface area (Å²) in [6.45, 7) is 1.02. The van der Waals surface area contributed by atoms with Gasteiger partial charge in [-0.2, -0.15) is 17.8 Å². The number of aliphatic hydroxyl groups is 1. The van der Waals surface area contributed by atoms with E-state index in [2.05, 4.69) is 15.0 Å². The number of rotatable bonds is 6. The van der Waals surface area contributed by atoms with Crippen LogP contribution in [0.4, 0.5) is 0 Å². The lowest BCUT2D eigenvalue weighted by Gasteiger charge is -2.37. The first kappa shape index (κ1) is 24.8. The summed E-state index contributed by atoms with van der Waals surface area (Å²) < 4.78 is 36.8. The standard InChI is InChI=1S/C23H26N4O5S.H2S/c1-33(29,30)27-11-12-31-18(14-27)15-32-22-21-20(24-9-10-25-21)13-19(26-22)16-3-5-17(6-4-16)23(28)7-2-8-23;/h3-6,9-10,13,18,28H,2,7-8,11-12,14-15H2,1H3;1H2/t18-;/m0./s1. The van der Waals surface area contributed by atoms with Crippen molar-refractivity contribution in [2.45, 2.75) is 31.0 Å². The maximum atomic E-state index is 11.9. The molecule has 11 heteroatoms. The quantitative estimate of drug-likeness (QED) is 0.543. The Morgan fingerprint density at radius 2 is 1.94 bits per heavy atom. The SMILES string of the molecule is CS(=O)(=O)N1CCO[C@H](COc2nc(-c3ccc(C4(O)CCC4)cc3)cc3nccnc23)C1.S. The third kappa shape index (κ3) is 5.03. The summed E-state index contributed by atoms with van der Waals surface area (Å²) in [6, 6.07) is 9.60. The minimum Gasteiger partial charge on any atom is -0.473 e. The fourth-order valence-electron chi connectivity index (χ4n) is 4.21. The first-order valence-corrected chi connectivity index (χ1v) is 12.8. The van der Waals surface area contributed by atoms with E-state index in [9.17, 15) is 13.5 Å². The minimum absolute atomic E-state index is 0. The van der Waals surface area contributed by atoms with E-state index in [1.54, 1.807) is 12.4 Å². The van der Waals surface area contributed by atoms with Gasteiger partial charge in [0.05, 0.1) is 29.7 Å². The zero-order chi connectivity index (χ0) is 23.1. The molecule has 1 atom stereocenters. The first-order chi connectivity index (χ1) is 15.8. The van der Waals surface area contributed by atoms with Gasteiger partial charge in [0.2, 0.25) is 15.9 Å². The maximum Gasteiger partial charge on any atom is 0.242 e. The van der Waals surface area contributed by atoms with Crippen molar-refractivity contribution in [1.29, 1.82) is 0 Å². The molecule has 34 heavy (non-hydrogen) atoms. The predicted molar refractivity (Wildman–Crippen MR) is 133 cm³/mol. The van der Waals surface area contributed by atoms with Crippen molar-refractivity contribution >= 4 is 34.6 Å². The summed E-state index contributed by atoms with van der Waals surface area (Å²) in [5.41, 5.74) is 2.91. The Bertz CT molecular complexity index is 1270. The minimum atomic E-state index is -3.29. The van der Waals surface area contributed by atoms with E-state index in [0.717, 1.165) is 30.4 Å². The Kier molecular flexibility index (Phi) is 7.11. The van der Waals surface area contributed by atoms with Gasteiger partial charge in [-0.1, -0.05) is 24.3 Å². The number of pyridine rings is 1. The van der Waals surface area contributed by atoms with Crippen molar-refractivity contribution in [3.8, 4) is 17.1 Å². The van der Waals surface area contributed by atoms with Crippen molar-refractivity contribution in [3.63, 3.8) is 0 Å². The summed E-state index contributed by atoms with van der Waals surface area (Å²) in [4.78, 5) is 13.4. The molecule has 1 saturated heterocycles. The van der Waals surface area contributed by atoms with Crippen molar-refractivity contribution in [2.24, 2.45) is 0 Å². The van der Waals surface area contributed by atoms with Crippen LogP contribution in [-0.2, 0) is 20.4 Å². The van der Waals surface area contributed by atoms with Gasteiger partial charge >= 0.3 is 0 Å². The zero-order valence-electron chi connectivity index (χ0n) is 18.8. The lowest BCUT2D eigenvalue weighted by atomic mass is 9.75. The van der Waals surface area contributed by atoms with Crippen LogP contribution in [0.25, 0.3) is 22.3 Å². The van der Waals surface area contributed by atoms with E-state index < -0.39 is 21.7 Å². The predicted octanol–water partition coefficient (Wildman–Crippen LogP) is 2.22. The van der Waals surface area contributed by atoms with Gasteiger partial charge in [0.1, 0.15) is 12.7 Å². The van der Waals surface area contributed by atoms with Crippen molar-refractivity contribution < 1.29 is 23.0 Å². The molecule has 0 radical (unpaired) electrons. The fraction of sp³-hybridized carbons (Fsp3) is 0.435. The Morgan fingerprint density at radius 3 is 2.62 bits per heavy atom. The zero-order valence-corrected chi connectivity index (χ0v) is 20.7. The molecule has 182 valence electrons. The monoisotopic (exact) mass is 504 g/mol. The van der Waals surface area contributed by atoms with E-state index in [0.29, 0.717) is 35.8 Å². The fourth-order valence-corrected chi connectivity index (χ4v) is 5.05. The Hall–Kier alpha value is -2.31. The summed E-state index contributed by atoms with van der Waals surface area (Å²) in [5, 5.41) is 10.6. The molecule has 9 nitrogen and oxygen atoms in total.